The van der Waals surface area contributed by atoms with Crippen LogP contribution in [-0.2, 0) is 4.74 Å². The number of methoxy groups -OCH3 is 1. The third kappa shape index (κ3) is 2.16. The van der Waals surface area contributed by atoms with Gasteiger partial charge in [-0.25, -0.2) is 0 Å². The first-order chi connectivity index (χ1) is 8.15. The van der Waals surface area contributed by atoms with E-state index in [1.807, 2.05) is 18.2 Å². The Morgan fingerprint density at radius 2 is 2.24 bits per heavy atom. The van der Waals surface area contributed by atoms with E-state index in [0.717, 1.165) is 16.5 Å². The number of carbonyl (C=O) groups is 1. The molecule has 0 atom stereocenters. The summed E-state index contributed by atoms with van der Waals surface area (Å²) in [5.74, 6) is 0.708. The molecule has 0 saturated heterocycles. The zero-order valence-corrected chi connectivity index (χ0v) is 10.8. The van der Waals surface area contributed by atoms with Crippen molar-refractivity contribution in [3.05, 3.63) is 16.4 Å². The number of hydrogen-bond acceptors (Lipinski definition) is 5. The molecule has 7 heteroatoms. The molecule has 0 aliphatic carbocycles. The van der Waals surface area contributed by atoms with Crippen LogP contribution in [0.4, 0.5) is 0 Å². The molecule has 1 N–H and O–H groups in total. The SMILES string of the molecule is COCCNC(=O)c1sc2nnc(C)n2c1C. The molecule has 2 aromatic rings. The van der Waals surface area contributed by atoms with E-state index in [2.05, 4.69) is 15.5 Å². The Hall–Kier alpha value is -1.47. The van der Waals surface area contributed by atoms with Crippen LogP contribution in [0.2, 0.25) is 0 Å². The molecule has 0 aromatic carbocycles. The fourth-order valence-electron chi connectivity index (χ4n) is 1.62. The average molecular weight is 254 g/mol. The zero-order valence-electron chi connectivity index (χ0n) is 9.98. The van der Waals surface area contributed by atoms with Gasteiger partial charge in [0.15, 0.2) is 0 Å². The van der Waals surface area contributed by atoms with Crippen LogP contribution in [0.5, 0.6) is 0 Å². The van der Waals surface area contributed by atoms with Crippen molar-refractivity contribution in [3.63, 3.8) is 0 Å². The first kappa shape index (κ1) is 12.0. The summed E-state index contributed by atoms with van der Waals surface area (Å²) < 4.78 is 6.77. The molecule has 0 fully saturated rings. The number of amides is 1. The van der Waals surface area contributed by atoms with Gasteiger partial charge in [0.1, 0.15) is 10.7 Å². The number of nitrogens with zero attached hydrogens (tertiary/aromatic N) is 3. The Kier molecular flexibility index (Phi) is 3.39. The van der Waals surface area contributed by atoms with E-state index in [9.17, 15) is 4.79 Å². The van der Waals surface area contributed by atoms with E-state index in [0.29, 0.717) is 18.0 Å². The minimum atomic E-state index is -0.0885. The van der Waals surface area contributed by atoms with Crippen molar-refractivity contribution in [1.82, 2.24) is 19.9 Å². The molecule has 0 spiro atoms. The number of aryl methyl sites for hydroxylation is 2. The molecule has 2 heterocycles. The number of ether oxygens (including phenoxy) is 1. The molecular formula is C10H14N4O2S. The normalized spacial score (nSPS) is 11.0. The maximum absolute atomic E-state index is 11.9. The van der Waals surface area contributed by atoms with Gasteiger partial charge >= 0.3 is 0 Å². The summed E-state index contributed by atoms with van der Waals surface area (Å²) in [5, 5.41) is 10.8. The summed E-state index contributed by atoms with van der Waals surface area (Å²) in [7, 11) is 1.60. The van der Waals surface area contributed by atoms with E-state index in [1.165, 1.54) is 11.3 Å². The fraction of sp³-hybridized carbons (Fsp3) is 0.500. The van der Waals surface area contributed by atoms with Gasteiger partial charge in [-0.15, -0.1) is 10.2 Å². The third-order valence-electron chi connectivity index (χ3n) is 2.45. The third-order valence-corrected chi connectivity index (χ3v) is 3.58. The smallest absolute Gasteiger partial charge is 0.263 e. The second-order valence-electron chi connectivity index (χ2n) is 3.63. The quantitative estimate of drug-likeness (QED) is 0.819. The van der Waals surface area contributed by atoms with E-state index in [1.54, 1.807) is 7.11 Å². The molecule has 0 unspecified atom stereocenters. The van der Waals surface area contributed by atoms with E-state index >= 15 is 0 Å². The van der Waals surface area contributed by atoms with Crippen LogP contribution in [-0.4, -0.2) is 40.8 Å². The summed E-state index contributed by atoms with van der Waals surface area (Å²) in [5.41, 5.74) is 0.877. The molecule has 17 heavy (non-hydrogen) atoms. The lowest BCUT2D eigenvalue weighted by atomic mass is 10.3. The minimum absolute atomic E-state index is 0.0885. The van der Waals surface area contributed by atoms with Gasteiger partial charge in [0.05, 0.1) is 6.61 Å². The second kappa shape index (κ2) is 4.80. The molecule has 2 aromatic heterocycles. The summed E-state index contributed by atoms with van der Waals surface area (Å²) in [6, 6.07) is 0. The molecule has 0 aliphatic heterocycles. The predicted molar refractivity (Wildman–Crippen MR) is 64.5 cm³/mol. The maximum atomic E-state index is 11.9. The molecule has 1 amide bonds. The number of nitrogens with one attached hydrogen (secondary N) is 1. The standard InChI is InChI=1S/C10H14N4O2S/c1-6-8(9(15)11-4-5-16-3)17-10-13-12-7(2)14(6)10/h4-5H2,1-3H3,(H,11,15). The number of thiazole rings is 1. The summed E-state index contributed by atoms with van der Waals surface area (Å²) in [6.07, 6.45) is 0. The molecule has 92 valence electrons. The monoisotopic (exact) mass is 254 g/mol. The fourth-order valence-corrected chi connectivity index (χ4v) is 2.65. The topological polar surface area (TPSA) is 68.5 Å². The van der Waals surface area contributed by atoms with E-state index in [4.69, 9.17) is 4.74 Å². The Bertz CT molecular complexity index is 546. The lowest BCUT2D eigenvalue weighted by Crippen LogP contribution is -2.26. The molecule has 0 bridgehead atoms. The molecule has 2 rings (SSSR count). The van der Waals surface area contributed by atoms with Crippen LogP contribution in [0.1, 0.15) is 21.2 Å². The molecule has 0 saturated carbocycles. The van der Waals surface area contributed by atoms with E-state index in [-0.39, 0.29) is 5.91 Å². The highest BCUT2D eigenvalue weighted by molar-refractivity contribution is 7.19. The van der Waals surface area contributed by atoms with Crippen molar-refractivity contribution < 1.29 is 9.53 Å². The Labute approximate surface area is 103 Å². The number of carbonyl (C=O) groups excluding carboxylic acids is 1. The van der Waals surface area contributed by atoms with Crippen LogP contribution in [0.3, 0.4) is 0 Å². The van der Waals surface area contributed by atoms with Gasteiger partial charge in [-0.2, -0.15) is 0 Å². The van der Waals surface area contributed by atoms with Crippen molar-refractivity contribution in [2.24, 2.45) is 0 Å². The highest BCUT2D eigenvalue weighted by Gasteiger charge is 2.17. The number of aromatic nitrogens is 3. The summed E-state index contributed by atoms with van der Waals surface area (Å²) >= 11 is 1.35. The van der Waals surface area contributed by atoms with Crippen LogP contribution >= 0.6 is 11.3 Å². The van der Waals surface area contributed by atoms with Gasteiger partial charge in [-0.05, 0) is 13.8 Å². The summed E-state index contributed by atoms with van der Waals surface area (Å²) in [4.78, 5) is 13.3. The first-order valence-corrected chi connectivity index (χ1v) is 6.05. The second-order valence-corrected chi connectivity index (χ2v) is 4.61. The highest BCUT2D eigenvalue weighted by atomic mass is 32.1. The zero-order chi connectivity index (χ0) is 12.4. The van der Waals surface area contributed by atoms with Gasteiger partial charge in [-0.1, -0.05) is 11.3 Å². The average Bonchev–Trinajstić information content (AvgIpc) is 2.81. The van der Waals surface area contributed by atoms with Crippen LogP contribution in [0, 0.1) is 13.8 Å². The van der Waals surface area contributed by atoms with Crippen molar-refractivity contribution in [1.29, 1.82) is 0 Å². The maximum Gasteiger partial charge on any atom is 0.263 e. The Morgan fingerprint density at radius 1 is 1.47 bits per heavy atom. The predicted octanol–water partition coefficient (Wildman–Crippen LogP) is 0.784. The lowest BCUT2D eigenvalue weighted by Gasteiger charge is -2.03. The highest BCUT2D eigenvalue weighted by Crippen LogP contribution is 2.22. The van der Waals surface area contributed by atoms with Gasteiger partial charge < -0.3 is 10.1 Å². The number of fused-ring (bicyclic) bond motifs is 1. The van der Waals surface area contributed by atoms with E-state index < -0.39 is 0 Å². The summed E-state index contributed by atoms with van der Waals surface area (Å²) in [6.45, 7) is 4.78. The lowest BCUT2D eigenvalue weighted by molar-refractivity contribution is 0.0940. The van der Waals surface area contributed by atoms with Crippen molar-refractivity contribution in [2.45, 2.75) is 13.8 Å². The van der Waals surface area contributed by atoms with Gasteiger partial charge in [0, 0.05) is 19.3 Å². The van der Waals surface area contributed by atoms with Crippen molar-refractivity contribution in [3.8, 4) is 0 Å². The van der Waals surface area contributed by atoms with Crippen LogP contribution < -0.4 is 5.32 Å². The number of rotatable bonds is 4. The Balaban J connectivity index is 2.23. The van der Waals surface area contributed by atoms with Crippen LogP contribution in [0.15, 0.2) is 0 Å². The molecule has 0 radical (unpaired) electrons. The van der Waals surface area contributed by atoms with Crippen molar-refractivity contribution in [2.75, 3.05) is 20.3 Å². The van der Waals surface area contributed by atoms with Gasteiger partial charge in [-0.3, -0.25) is 9.20 Å². The Morgan fingerprint density at radius 3 is 2.88 bits per heavy atom. The molecule has 6 nitrogen and oxygen atoms in total. The molecule has 0 aliphatic rings. The van der Waals surface area contributed by atoms with Gasteiger partial charge in [0.2, 0.25) is 4.96 Å². The first-order valence-electron chi connectivity index (χ1n) is 5.23. The molecular weight excluding hydrogens is 240 g/mol. The largest absolute Gasteiger partial charge is 0.383 e. The van der Waals surface area contributed by atoms with Gasteiger partial charge in [0.25, 0.3) is 5.91 Å². The minimum Gasteiger partial charge on any atom is -0.383 e. The van der Waals surface area contributed by atoms with Crippen molar-refractivity contribution >= 4 is 22.2 Å². The van der Waals surface area contributed by atoms with Crippen LogP contribution in [0.25, 0.3) is 4.96 Å². The number of hydrogen-bond donors (Lipinski definition) is 1.